The summed E-state index contributed by atoms with van der Waals surface area (Å²) in [5.41, 5.74) is 22.7. The number of hydrogen-bond donors (Lipinski definition) is 0. The lowest BCUT2D eigenvalue weighted by molar-refractivity contribution is 0.667. The molecule has 1 aliphatic heterocycles. The monoisotopic (exact) mass is 936 g/mol. The van der Waals surface area contributed by atoms with Crippen LogP contribution in [0, 0.1) is 5.92 Å². The highest BCUT2D eigenvalue weighted by atomic mass is 16.3. The fraction of sp³-hybridized carbons (Fsp3) is 0.114. The van der Waals surface area contributed by atoms with Crippen molar-refractivity contribution >= 4 is 50.0 Å². The van der Waals surface area contributed by atoms with Crippen LogP contribution in [0.1, 0.15) is 81.7 Å². The number of aryl methyl sites for hydroxylation is 1. The maximum Gasteiger partial charge on any atom is 0.160 e. The molecule has 0 saturated heterocycles. The molecule has 3 heteroatoms. The van der Waals surface area contributed by atoms with Crippen LogP contribution in [0.2, 0.25) is 0 Å². The molecule has 2 aliphatic carbocycles. The largest absolute Gasteiger partial charge is 0.456 e. The molecule has 73 heavy (non-hydrogen) atoms. The third-order valence-electron chi connectivity index (χ3n) is 16.0. The first-order valence-electron chi connectivity index (χ1n) is 26.0. The summed E-state index contributed by atoms with van der Waals surface area (Å²) in [6, 6.07) is 82.1. The van der Waals surface area contributed by atoms with Crippen molar-refractivity contribution in [1.29, 1.82) is 0 Å². The zero-order chi connectivity index (χ0) is 48.4. The third-order valence-corrected chi connectivity index (χ3v) is 16.0. The number of furan rings is 1. The van der Waals surface area contributed by atoms with E-state index in [9.17, 15) is 0 Å². The van der Waals surface area contributed by atoms with Crippen LogP contribution in [-0.4, -0.2) is 11.5 Å². The van der Waals surface area contributed by atoms with Gasteiger partial charge in [0, 0.05) is 45.2 Å². The summed E-state index contributed by atoms with van der Waals surface area (Å²) in [6.07, 6.45) is 6.00. The predicted octanol–water partition coefficient (Wildman–Crippen LogP) is 17.8. The van der Waals surface area contributed by atoms with Gasteiger partial charge in [-0.3, -0.25) is 0 Å². The van der Waals surface area contributed by atoms with Crippen molar-refractivity contribution in [2.75, 3.05) is 0 Å². The summed E-state index contributed by atoms with van der Waals surface area (Å²) >= 11 is 0. The van der Waals surface area contributed by atoms with E-state index in [1.54, 1.807) is 0 Å². The van der Waals surface area contributed by atoms with Crippen molar-refractivity contribution in [2.45, 2.75) is 44.4 Å². The Hall–Kier alpha value is -8.66. The second-order valence-electron chi connectivity index (χ2n) is 20.2. The number of fused-ring (bicyclic) bond motifs is 10. The standard InChI is InChI=1S/C70H52N2O/c1-44-31-39-63(67-58(38-40-65-68(67)59-27-14-15-30-64(59)73-65)55-37-36-51-42-49-21-8-9-22-50(49)43-61(51)53-24-11-10-23-52(53)55)71-70(48-34-32-47(33-35-48)46-19-6-3-7-20-46)72-69(44)60-29-16-28-57-62(41-45-17-4-2-5-18-45)54-25-12-13-26-56(54)66(57)60/h2-30,32-35,38-40,42-44,55,62H,31,36-37,41H2,1H3/b63-39+,71-70?,72-69?. The van der Waals surface area contributed by atoms with Gasteiger partial charge in [-0.2, -0.15) is 0 Å². The molecule has 0 radical (unpaired) electrons. The van der Waals surface area contributed by atoms with Gasteiger partial charge in [0.2, 0.25) is 0 Å². The molecule has 2 heterocycles. The topological polar surface area (TPSA) is 37.9 Å². The van der Waals surface area contributed by atoms with Crippen LogP contribution in [-0.2, 0) is 12.8 Å². The smallest absolute Gasteiger partial charge is 0.160 e. The fourth-order valence-electron chi connectivity index (χ4n) is 12.5. The minimum absolute atomic E-state index is 0.0573. The number of nitrogens with zero attached hydrogens (tertiary/aromatic N) is 2. The van der Waals surface area contributed by atoms with Gasteiger partial charge in [0.1, 0.15) is 11.2 Å². The van der Waals surface area contributed by atoms with Crippen LogP contribution < -0.4 is 0 Å². The molecule has 0 N–H and O–H groups in total. The number of hydrogen-bond acceptors (Lipinski definition) is 3. The Bertz CT molecular complexity index is 4040. The maximum absolute atomic E-state index is 6.75. The number of allylic oxidation sites excluding steroid dienone is 1. The second-order valence-corrected chi connectivity index (χ2v) is 20.2. The molecule has 0 amide bonds. The van der Waals surface area contributed by atoms with Crippen LogP contribution in [0.25, 0.3) is 71.8 Å². The molecule has 348 valence electrons. The molecule has 3 aliphatic rings. The Labute approximate surface area is 426 Å². The first-order valence-corrected chi connectivity index (χ1v) is 26.0. The van der Waals surface area contributed by atoms with Crippen LogP contribution in [0.3, 0.4) is 0 Å². The zero-order valence-electron chi connectivity index (χ0n) is 40.8. The van der Waals surface area contributed by atoms with Crippen LogP contribution in [0.5, 0.6) is 0 Å². The molecule has 0 bridgehead atoms. The maximum atomic E-state index is 6.75. The van der Waals surface area contributed by atoms with Gasteiger partial charge >= 0.3 is 0 Å². The summed E-state index contributed by atoms with van der Waals surface area (Å²) in [7, 11) is 0. The Kier molecular flexibility index (Phi) is 10.6. The van der Waals surface area contributed by atoms with Gasteiger partial charge in [-0.25, -0.2) is 9.98 Å². The second kappa shape index (κ2) is 17.9. The highest BCUT2D eigenvalue weighted by molar-refractivity contribution is 6.19. The average Bonchev–Trinajstić information content (AvgIpc) is 3.93. The zero-order valence-corrected chi connectivity index (χ0v) is 40.8. The highest BCUT2D eigenvalue weighted by Gasteiger charge is 2.34. The lowest BCUT2D eigenvalue weighted by atomic mass is 9.81. The summed E-state index contributed by atoms with van der Waals surface area (Å²) in [5, 5.41) is 4.75. The van der Waals surface area contributed by atoms with Gasteiger partial charge in [-0.15, -0.1) is 0 Å². The Morgan fingerprint density at radius 2 is 1.14 bits per heavy atom. The predicted molar refractivity (Wildman–Crippen MR) is 304 cm³/mol. The minimum Gasteiger partial charge on any atom is -0.456 e. The molecule has 3 atom stereocenters. The van der Waals surface area contributed by atoms with Crippen molar-refractivity contribution < 1.29 is 4.42 Å². The summed E-state index contributed by atoms with van der Waals surface area (Å²) in [6.45, 7) is 2.35. The van der Waals surface area contributed by atoms with E-state index in [4.69, 9.17) is 14.4 Å². The minimum atomic E-state index is 0.0573. The summed E-state index contributed by atoms with van der Waals surface area (Å²) in [4.78, 5) is 11.8. The molecule has 3 unspecified atom stereocenters. The highest BCUT2D eigenvalue weighted by Crippen LogP contribution is 2.50. The summed E-state index contributed by atoms with van der Waals surface area (Å²) < 4.78 is 6.75. The quantitative estimate of drug-likeness (QED) is 0.157. The molecule has 11 aromatic rings. The molecule has 0 fully saturated rings. The third kappa shape index (κ3) is 7.49. The normalized spacial score (nSPS) is 17.8. The van der Waals surface area contributed by atoms with E-state index >= 15 is 0 Å². The van der Waals surface area contributed by atoms with Crippen molar-refractivity contribution in [3.63, 3.8) is 0 Å². The number of amidine groups is 1. The molecular weight excluding hydrogens is 885 g/mol. The molecule has 0 saturated carbocycles. The van der Waals surface area contributed by atoms with E-state index in [0.717, 1.165) is 75.7 Å². The molecule has 3 nitrogen and oxygen atoms in total. The number of para-hydroxylation sites is 1. The molecule has 14 rings (SSSR count). The Balaban J connectivity index is 0.981. The number of rotatable bonds is 7. The van der Waals surface area contributed by atoms with E-state index in [0.29, 0.717) is 5.84 Å². The van der Waals surface area contributed by atoms with Crippen LogP contribution >= 0.6 is 0 Å². The van der Waals surface area contributed by atoms with Crippen molar-refractivity contribution in [3.8, 4) is 33.4 Å². The first-order chi connectivity index (χ1) is 36.1. The number of benzene rings is 10. The molecule has 10 aromatic carbocycles. The van der Waals surface area contributed by atoms with Gasteiger partial charge in [0.25, 0.3) is 0 Å². The van der Waals surface area contributed by atoms with E-state index < -0.39 is 0 Å². The van der Waals surface area contributed by atoms with Gasteiger partial charge in [0.15, 0.2) is 5.84 Å². The molecular formula is C70H52N2O. The number of aliphatic imine (C=N–C) groups is 2. The molecule has 0 spiro atoms. The lowest BCUT2D eigenvalue weighted by Gasteiger charge is -2.24. The average molecular weight is 937 g/mol. The van der Waals surface area contributed by atoms with E-state index in [1.165, 1.54) is 77.5 Å². The van der Waals surface area contributed by atoms with Crippen molar-refractivity contribution in [2.24, 2.45) is 15.9 Å². The van der Waals surface area contributed by atoms with Crippen molar-refractivity contribution in [1.82, 2.24) is 0 Å². The van der Waals surface area contributed by atoms with E-state index in [-0.39, 0.29) is 17.8 Å². The van der Waals surface area contributed by atoms with Crippen LogP contribution in [0.15, 0.2) is 245 Å². The summed E-state index contributed by atoms with van der Waals surface area (Å²) in [5.74, 6) is 1.09. The SMILES string of the molecule is CC1C/C=C(\c2c(C3CCc4cc5ccccc5cc4-c4ccccc43)ccc3oc4ccccc4c23)N=C(c2ccc(-c3ccccc3)cc2)N=C1c1cccc2c1-c1ccccc1C2Cc1ccccc1. The molecule has 1 aromatic heterocycles. The van der Waals surface area contributed by atoms with Gasteiger partial charge in [-0.05, 0) is 121 Å². The van der Waals surface area contributed by atoms with E-state index in [1.807, 2.05) is 0 Å². The first kappa shape index (κ1) is 43.2. The van der Waals surface area contributed by atoms with Gasteiger partial charge in [-0.1, -0.05) is 219 Å². The Morgan fingerprint density at radius 1 is 0.479 bits per heavy atom. The van der Waals surface area contributed by atoms with Crippen molar-refractivity contribution in [3.05, 3.63) is 281 Å². The fourth-order valence-corrected chi connectivity index (χ4v) is 12.5. The Morgan fingerprint density at radius 3 is 1.97 bits per heavy atom. The van der Waals surface area contributed by atoms with Gasteiger partial charge in [0.05, 0.1) is 11.4 Å². The van der Waals surface area contributed by atoms with Crippen LogP contribution in [0.4, 0.5) is 0 Å². The van der Waals surface area contributed by atoms with Gasteiger partial charge < -0.3 is 4.42 Å². The van der Waals surface area contributed by atoms with E-state index in [2.05, 4.69) is 237 Å². The lowest BCUT2D eigenvalue weighted by Crippen LogP contribution is -2.18.